The Hall–Kier alpha value is -2.03. The maximum absolute atomic E-state index is 14.0. The quantitative estimate of drug-likeness (QED) is 0.403. The first kappa shape index (κ1) is 19.3. The van der Waals surface area contributed by atoms with Gasteiger partial charge in [0.25, 0.3) is 0 Å². The molecule has 2 rings (SSSR count). The molecule has 4 nitrogen and oxygen atoms in total. The second-order valence-corrected chi connectivity index (χ2v) is 7.57. The maximum atomic E-state index is 14.0. The molecular weight excluding hydrogens is 445 g/mol. The van der Waals surface area contributed by atoms with E-state index in [1.807, 2.05) is 22.6 Å². The lowest BCUT2D eigenvalue weighted by Crippen LogP contribution is -2.26. The molecule has 0 saturated carbocycles. The van der Waals surface area contributed by atoms with E-state index in [0.717, 1.165) is 12.1 Å². The van der Waals surface area contributed by atoms with Crippen LogP contribution in [0, 0.1) is 20.6 Å². The molecule has 25 heavy (non-hydrogen) atoms. The molecule has 0 atom stereocenters. The van der Waals surface area contributed by atoms with Crippen molar-refractivity contribution < 1.29 is 28.2 Å². The second-order valence-electron chi connectivity index (χ2n) is 6.40. The molecule has 2 aromatic carbocycles. The van der Waals surface area contributed by atoms with Crippen LogP contribution >= 0.6 is 22.6 Å². The van der Waals surface area contributed by atoms with Gasteiger partial charge in [0.05, 0.1) is 8.99 Å². The third-order valence-electron chi connectivity index (χ3n) is 3.32. The summed E-state index contributed by atoms with van der Waals surface area (Å²) in [5, 5.41) is 9.44. The van der Waals surface area contributed by atoms with Crippen LogP contribution in [-0.2, 0) is 4.79 Å². The molecule has 1 N–H and O–H groups in total. The van der Waals surface area contributed by atoms with Crippen LogP contribution in [-0.4, -0.2) is 17.0 Å². The van der Waals surface area contributed by atoms with E-state index in [1.165, 1.54) is 18.2 Å². The standard InChI is InChI=1S/C18H15F2IO4/c1-18(2,3)17(24)25-15-12(16(22)23)6-9(7-14(15)21)11-5-4-10(19)8-13(11)20/h4-8H,1-3H3,(H,22,23). The van der Waals surface area contributed by atoms with E-state index in [-0.39, 0.29) is 22.4 Å². The Bertz CT molecular complexity index is 857. The van der Waals surface area contributed by atoms with Crippen LogP contribution < -0.4 is 4.74 Å². The summed E-state index contributed by atoms with van der Waals surface area (Å²) in [6.07, 6.45) is 0. The molecule has 0 unspecified atom stereocenters. The number of ether oxygens (including phenoxy) is 1. The number of hydrogen-bond acceptors (Lipinski definition) is 3. The Kier molecular flexibility index (Phi) is 5.46. The Morgan fingerprint density at radius 3 is 2.28 bits per heavy atom. The van der Waals surface area contributed by atoms with Crippen molar-refractivity contribution in [1.82, 2.24) is 0 Å². The van der Waals surface area contributed by atoms with Crippen molar-refractivity contribution in [1.29, 1.82) is 0 Å². The summed E-state index contributed by atoms with van der Waals surface area (Å²) in [6, 6.07) is 5.71. The van der Waals surface area contributed by atoms with Gasteiger partial charge in [-0.1, -0.05) is 0 Å². The van der Waals surface area contributed by atoms with E-state index in [1.54, 1.807) is 20.8 Å². The lowest BCUT2D eigenvalue weighted by molar-refractivity contribution is -0.143. The number of esters is 1. The average Bonchev–Trinajstić information content (AvgIpc) is 2.47. The Morgan fingerprint density at radius 2 is 1.76 bits per heavy atom. The number of benzene rings is 2. The Morgan fingerprint density at radius 1 is 1.12 bits per heavy atom. The SMILES string of the molecule is CC(C)(C)C(=O)Oc1c(I)cc(-c2ccc(F)cc2F)cc1C(=O)O. The zero-order chi connectivity index (χ0) is 18.9. The van der Waals surface area contributed by atoms with E-state index in [2.05, 4.69) is 0 Å². The molecule has 0 bridgehead atoms. The zero-order valence-corrected chi connectivity index (χ0v) is 15.9. The molecule has 0 aliphatic heterocycles. The maximum Gasteiger partial charge on any atom is 0.339 e. The fourth-order valence-electron chi connectivity index (χ4n) is 1.98. The highest BCUT2D eigenvalue weighted by Gasteiger charge is 2.27. The van der Waals surface area contributed by atoms with Gasteiger partial charge >= 0.3 is 11.9 Å². The van der Waals surface area contributed by atoms with E-state index in [9.17, 15) is 23.5 Å². The molecule has 132 valence electrons. The van der Waals surface area contributed by atoms with Crippen molar-refractivity contribution in [3.8, 4) is 16.9 Å². The van der Waals surface area contributed by atoms with Gasteiger partial charge in [-0.25, -0.2) is 13.6 Å². The number of hydrogen-bond donors (Lipinski definition) is 1. The molecular formula is C18H15F2IO4. The first-order valence-electron chi connectivity index (χ1n) is 7.25. The molecule has 0 fully saturated rings. The largest absolute Gasteiger partial charge is 0.478 e. The number of halogens is 3. The summed E-state index contributed by atoms with van der Waals surface area (Å²) >= 11 is 1.81. The first-order chi connectivity index (χ1) is 11.5. The van der Waals surface area contributed by atoms with Gasteiger partial charge in [0, 0.05) is 11.6 Å². The molecule has 0 radical (unpaired) electrons. The number of carbonyl (C=O) groups excluding carboxylic acids is 1. The van der Waals surface area contributed by atoms with Crippen molar-refractivity contribution in [2.75, 3.05) is 0 Å². The number of carboxylic acids is 1. The minimum Gasteiger partial charge on any atom is -0.478 e. The Balaban J connectivity index is 2.58. The summed E-state index contributed by atoms with van der Waals surface area (Å²) < 4.78 is 32.7. The highest BCUT2D eigenvalue weighted by Crippen LogP contribution is 2.34. The van der Waals surface area contributed by atoms with Crippen LogP contribution in [0.15, 0.2) is 30.3 Å². The number of rotatable bonds is 3. The van der Waals surface area contributed by atoms with Crippen molar-refractivity contribution in [3.63, 3.8) is 0 Å². The van der Waals surface area contributed by atoms with E-state index >= 15 is 0 Å². The average molecular weight is 460 g/mol. The number of carbonyl (C=O) groups is 2. The monoisotopic (exact) mass is 460 g/mol. The van der Waals surface area contributed by atoms with E-state index < -0.39 is 29.0 Å². The topological polar surface area (TPSA) is 63.6 Å². The van der Waals surface area contributed by atoms with Gasteiger partial charge in [-0.15, -0.1) is 0 Å². The zero-order valence-electron chi connectivity index (χ0n) is 13.7. The third kappa shape index (κ3) is 4.33. The molecule has 0 spiro atoms. The van der Waals surface area contributed by atoms with Crippen LogP contribution in [0.1, 0.15) is 31.1 Å². The van der Waals surface area contributed by atoms with Crippen molar-refractivity contribution in [2.24, 2.45) is 5.41 Å². The van der Waals surface area contributed by atoms with Crippen molar-refractivity contribution in [3.05, 3.63) is 51.1 Å². The first-order valence-corrected chi connectivity index (χ1v) is 8.33. The minimum absolute atomic E-state index is 0.0514. The van der Waals surface area contributed by atoms with Crippen LogP contribution in [0.4, 0.5) is 8.78 Å². The van der Waals surface area contributed by atoms with Gasteiger partial charge in [0.1, 0.15) is 17.2 Å². The summed E-state index contributed by atoms with van der Waals surface area (Å²) in [5.41, 5.74) is -0.797. The molecule has 0 heterocycles. The van der Waals surface area contributed by atoms with Crippen LogP contribution in [0.25, 0.3) is 11.1 Å². The van der Waals surface area contributed by atoms with Crippen LogP contribution in [0.5, 0.6) is 5.75 Å². The summed E-state index contributed by atoms with van der Waals surface area (Å²) in [5.74, 6) is -3.55. The number of aromatic carboxylic acids is 1. The van der Waals surface area contributed by atoms with Gasteiger partial charge in [0.2, 0.25) is 0 Å². The fourth-order valence-corrected chi connectivity index (χ4v) is 2.72. The van der Waals surface area contributed by atoms with Crippen LogP contribution in [0.3, 0.4) is 0 Å². The minimum atomic E-state index is -1.32. The normalized spacial score (nSPS) is 11.3. The molecule has 0 amide bonds. The van der Waals surface area contributed by atoms with Crippen molar-refractivity contribution >= 4 is 34.5 Å². The molecule has 0 aliphatic rings. The molecule has 2 aromatic rings. The smallest absolute Gasteiger partial charge is 0.339 e. The van der Waals surface area contributed by atoms with Crippen molar-refractivity contribution in [2.45, 2.75) is 20.8 Å². The number of carboxylic acid groups (broad SMARTS) is 1. The molecule has 0 aromatic heterocycles. The molecule has 0 saturated heterocycles. The third-order valence-corrected chi connectivity index (χ3v) is 4.12. The summed E-state index contributed by atoms with van der Waals surface area (Å²) in [6.45, 7) is 4.93. The van der Waals surface area contributed by atoms with Gasteiger partial charge in [0.15, 0.2) is 5.75 Å². The Labute approximate surface area is 157 Å². The van der Waals surface area contributed by atoms with E-state index in [4.69, 9.17) is 4.74 Å². The summed E-state index contributed by atoms with van der Waals surface area (Å²) in [7, 11) is 0. The van der Waals surface area contributed by atoms with E-state index in [0.29, 0.717) is 3.57 Å². The lowest BCUT2D eigenvalue weighted by Gasteiger charge is -2.19. The van der Waals surface area contributed by atoms with Gasteiger partial charge in [-0.3, -0.25) is 4.79 Å². The molecule has 7 heteroatoms. The predicted octanol–water partition coefficient (Wildman–Crippen LogP) is 4.89. The highest BCUT2D eigenvalue weighted by atomic mass is 127. The van der Waals surface area contributed by atoms with Gasteiger partial charge < -0.3 is 9.84 Å². The van der Waals surface area contributed by atoms with Gasteiger partial charge in [-0.2, -0.15) is 0 Å². The second kappa shape index (κ2) is 7.07. The highest BCUT2D eigenvalue weighted by molar-refractivity contribution is 14.1. The van der Waals surface area contributed by atoms with Crippen LogP contribution in [0.2, 0.25) is 0 Å². The predicted molar refractivity (Wildman–Crippen MR) is 96.6 cm³/mol. The fraction of sp³-hybridized carbons (Fsp3) is 0.222. The molecule has 0 aliphatic carbocycles. The van der Waals surface area contributed by atoms with Gasteiger partial charge in [-0.05, 0) is 73.2 Å². The lowest BCUT2D eigenvalue weighted by atomic mass is 9.97. The summed E-state index contributed by atoms with van der Waals surface area (Å²) in [4.78, 5) is 23.7.